The standard InChI is InChI=1S/C30H41F2N7O2/c31-30(32,40)41-25-7-5-24(6-8-25)33-26-34-27(37-9-3-1-2-4-10-37)36-28(35-26)38-11-13-39(14-12-38)29-18-21-15-22(19-29)17-23(16-21)20-29/h5-8,21-23,40H,1-4,9-20H2,(H,33,34,35,36). The van der Waals surface area contributed by atoms with Gasteiger partial charge < -0.3 is 25.0 Å². The lowest BCUT2D eigenvalue weighted by Gasteiger charge is -2.61. The molecule has 9 nitrogen and oxygen atoms in total. The van der Waals surface area contributed by atoms with Crippen LogP contribution in [-0.4, -0.2) is 76.1 Å². The Bertz CT molecular complexity index is 1170. The largest absolute Gasteiger partial charge is 0.532 e. The number of hydrogen-bond acceptors (Lipinski definition) is 9. The lowest BCUT2D eigenvalue weighted by atomic mass is 9.52. The van der Waals surface area contributed by atoms with Gasteiger partial charge in [-0.1, -0.05) is 12.8 Å². The van der Waals surface area contributed by atoms with Crippen LogP contribution < -0.4 is 19.9 Å². The SMILES string of the molecule is OC(F)(F)Oc1ccc(Nc2nc(N3CCCCCC3)nc(N3CCN(C45CC6CC(CC(C6)C4)C5)CC3)n2)cc1. The molecular weight excluding hydrogens is 528 g/mol. The van der Waals surface area contributed by atoms with Crippen molar-refractivity contribution in [3.8, 4) is 5.75 Å². The number of aromatic nitrogens is 3. The maximum atomic E-state index is 12.8. The summed E-state index contributed by atoms with van der Waals surface area (Å²) in [6, 6.07) is 5.93. The lowest BCUT2D eigenvalue weighted by Crippen LogP contribution is -2.64. The first-order valence-electron chi connectivity index (χ1n) is 15.5. The molecule has 6 fully saturated rings. The molecule has 2 aromatic rings. The van der Waals surface area contributed by atoms with Gasteiger partial charge in [-0.2, -0.15) is 15.0 Å². The van der Waals surface area contributed by atoms with Crippen LogP contribution in [0.4, 0.5) is 32.3 Å². The summed E-state index contributed by atoms with van der Waals surface area (Å²) in [5.74, 6) is 4.48. The number of nitrogens with zero attached hydrogens (tertiary/aromatic N) is 6. The average molecular weight is 570 g/mol. The molecule has 4 saturated carbocycles. The number of halogens is 2. The second-order valence-corrected chi connectivity index (χ2v) is 13.0. The van der Waals surface area contributed by atoms with E-state index in [2.05, 4.69) is 24.8 Å². The van der Waals surface area contributed by atoms with Crippen LogP contribution in [0.1, 0.15) is 64.2 Å². The number of benzene rings is 1. The van der Waals surface area contributed by atoms with E-state index in [1.165, 1.54) is 63.5 Å². The Morgan fingerprint density at radius 2 is 1.29 bits per heavy atom. The smallest absolute Gasteiger partial charge is 0.410 e. The van der Waals surface area contributed by atoms with Crippen molar-refractivity contribution in [3.05, 3.63) is 24.3 Å². The second-order valence-electron chi connectivity index (χ2n) is 13.0. The summed E-state index contributed by atoms with van der Waals surface area (Å²) in [7, 11) is 0. The normalized spacial score (nSPS) is 30.4. The molecule has 41 heavy (non-hydrogen) atoms. The summed E-state index contributed by atoms with van der Waals surface area (Å²) in [6.07, 6.45) is 8.98. The van der Waals surface area contributed by atoms with E-state index in [4.69, 9.17) is 20.1 Å². The Kier molecular flexibility index (Phi) is 7.13. The molecule has 0 atom stereocenters. The van der Waals surface area contributed by atoms with E-state index in [9.17, 15) is 8.78 Å². The Balaban J connectivity index is 1.09. The molecule has 6 aliphatic rings. The minimum absolute atomic E-state index is 0.137. The number of nitrogens with one attached hydrogen (secondary N) is 1. The molecule has 8 rings (SSSR count). The van der Waals surface area contributed by atoms with Gasteiger partial charge in [0, 0.05) is 50.5 Å². The lowest BCUT2D eigenvalue weighted by molar-refractivity contribution is -0.327. The first kappa shape index (κ1) is 27.1. The maximum absolute atomic E-state index is 12.8. The summed E-state index contributed by atoms with van der Waals surface area (Å²) < 4.78 is 29.9. The molecule has 222 valence electrons. The van der Waals surface area contributed by atoms with E-state index >= 15 is 0 Å². The summed E-state index contributed by atoms with van der Waals surface area (Å²) in [4.78, 5) is 21.9. The predicted octanol–water partition coefficient (Wildman–Crippen LogP) is 5.01. The van der Waals surface area contributed by atoms with E-state index in [1.807, 2.05) is 0 Å². The fraction of sp³-hybridized carbons (Fsp3) is 0.700. The first-order valence-corrected chi connectivity index (χ1v) is 15.5. The van der Waals surface area contributed by atoms with Gasteiger partial charge in [0.25, 0.3) is 0 Å². The number of hydrogen-bond donors (Lipinski definition) is 2. The van der Waals surface area contributed by atoms with E-state index in [0.717, 1.165) is 69.9 Å². The van der Waals surface area contributed by atoms with E-state index in [0.29, 0.717) is 29.1 Å². The summed E-state index contributed by atoms with van der Waals surface area (Å²) >= 11 is 0. The van der Waals surface area contributed by atoms with E-state index in [1.54, 1.807) is 12.1 Å². The molecule has 3 heterocycles. The van der Waals surface area contributed by atoms with Crippen LogP contribution in [0.5, 0.6) is 5.75 Å². The Hall–Kier alpha value is -2.79. The van der Waals surface area contributed by atoms with Gasteiger partial charge in [-0.3, -0.25) is 4.90 Å². The fourth-order valence-corrected chi connectivity index (χ4v) is 8.67. The highest BCUT2D eigenvalue weighted by Gasteiger charge is 2.53. The van der Waals surface area contributed by atoms with E-state index in [-0.39, 0.29) is 5.75 Å². The summed E-state index contributed by atoms with van der Waals surface area (Å²) in [6.45, 7) is 5.71. The van der Waals surface area contributed by atoms with Crippen molar-refractivity contribution in [1.29, 1.82) is 0 Å². The van der Waals surface area contributed by atoms with Crippen molar-refractivity contribution in [2.24, 2.45) is 17.8 Å². The molecule has 1 aromatic heterocycles. The number of rotatable bonds is 7. The van der Waals surface area contributed by atoms with Crippen LogP contribution in [0, 0.1) is 17.8 Å². The molecule has 0 amide bonds. The Morgan fingerprint density at radius 3 is 1.83 bits per heavy atom. The third kappa shape index (κ3) is 5.93. The van der Waals surface area contributed by atoms with Crippen molar-refractivity contribution < 1.29 is 18.6 Å². The van der Waals surface area contributed by atoms with Crippen LogP contribution in [0.25, 0.3) is 0 Å². The monoisotopic (exact) mass is 569 g/mol. The van der Waals surface area contributed by atoms with Gasteiger partial charge in [0.1, 0.15) is 5.75 Å². The van der Waals surface area contributed by atoms with Crippen LogP contribution in [0.2, 0.25) is 0 Å². The highest BCUT2D eigenvalue weighted by molar-refractivity contribution is 5.57. The number of aliphatic hydroxyl groups is 1. The Labute approximate surface area is 240 Å². The summed E-state index contributed by atoms with van der Waals surface area (Å²) in [5.41, 5.74) is 1.05. The van der Waals surface area contributed by atoms with Gasteiger partial charge in [-0.25, -0.2) is 0 Å². The number of alkyl halides is 2. The van der Waals surface area contributed by atoms with E-state index < -0.39 is 6.29 Å². The number of ether oxygens (including phenoxy) is 1. The van der Waals surface area contributed by atoms with Crippen LogP contribution in [-0.2, 0) is 0 Å². The highest BCUT2D eigenvalue weighted by Crippen LogP contribution is 2.57. The minimum atomic E-state index is -4.22. The molecule has 1 aromatic carbocycles. The average Bonchev–Trinajstić information content (AvgIpc) is 3.23. The molecule has 2 saturated heterocycles. The predicted molar refractivity (Wildman–Crippen MR) is 153 cm³/mol. The van der Waals surface area contributed by atoms with Crippen molar-refractivity contribution in [2.45, 2.75) is 76.0 Å². The molecular formula is C30H41F2N7O2. The molecule has 0 unspecified atom stereocenters. The third-order valence-corrected chi connectivity index (χ3v) is 10.1. The molecule has 0 spiro atoms. The van der Waals surface area contributed by atoms with Gasteiger partial charge in [-0.15, -0.1) is 8.78 Å². The quantitative estimate of drug-likeness (QED) is 0.447. The van der Waals surface area contributed by atoms with Crippen molar-refractivity contribution >= 4 is 23.5 Å². The number of piperazine rings is 1. The molecule has 2 N–H and O–H groups in total. The minimum Gasteiger partial charge on any atom is -0.410 e. The van der Waals surface area contributed by atoms with Gasteiger partial charge >= 0.3 is 6.29 Å². The number of anilines is 4. The van der Waals surface area contributed by atoms with Gasteiger partial charge in [0.05, 0.1) is 0 Å². The van der Waals surface area contributed by atoms with Crippen LogP contribution >= 0.6 is 0 Å². The molecule has 4 aliphatic carbocycles. The van der Waals surface area contributed by atoms with Gasteiger partial charge in [0.2, 0.25) is 17.8 Å². The van der Waals surface area contributed by atoms with Crippen molar-refractivity contribution in [3.63, 3.8) is 0 Å². The third-order valence-electron chi connectivity index (χ3n) is 10.1. The van der Waals surface area contributed by atoms with Crippen molar-refractivity contribution in [1.82, 2.24) is 19.9 Å². The molecule has 11 heteroatoms. The van der Waals surface area contributed by atoms with Crippen molar-refractivity contribution in [2.75, 3.05) is 54.4 Å². The first-order chi connectivity index (χ1) is 19.8. The fourth-order valence-electron chi connectivity index (χ4n) is 8.67. The zero-order valence-corrected chi connectivity index (χ0v) is 23.6. The van der Waals surface area contributed by atoms with Gasteiger partial charge in [-0.05, 0) is 93.4 Å². The zero-order valence-electron chi connectivity index (χ0n) is 23.6. The van der Waals surface area contributed by atoms with Crippen LogP contribution in [0.15, 0.2) is 24.3 Å². The maximum Gasteiger partial charge on any atom is 0.532 e. The highest BCUT2D eigenvalue weighted by atomic mass is 19.3. The molecule has 2 aliphatic heterocycles. The molecule has 4 bridgehead atoms. The summed E-state index contributed by atoms with van der Waals surface area (Å²) in [5, 5.41) is 11.9. The second kappa shape index (κ2) is 10.8. The zero-order chi connectivity index (χ0) is 28.0. The molecule has 0 radical (unpaired) electrons. The topological polar surface area (TPSA) is 89.9 Å². The Morgan fingerprint density at radius 1 is 0.756 bits per heavy atom. The van der Waals surface area contributed by atoms with Crippen LogP contribution in [0.3, 0.4) is 0 Å². The van der Waals surface area contributed by atoms with Gasteiger partial charge in [0.15, 0.2) is 0 Å².